The lowest BCUT2D eigenvalue weighted by Crippen LogP contribution is -2.27. The van der Waals surface area contributed by atoms with E-state index in [-0.39, 0.29) is 0 Å². The molecule has 0 saturated heterocycles. The molecule has 2 atom stereocenters. The average molecular weight is 224 g/mol. The molecule has 1 rings (SSSR count). The van der Waals surface area contributed by atoms with Gasteiger partial charge in [-0.1, -0.05) is 38.1 Å². The molecule has 88 valence electrons. The predicted octanol–water partition coefficient (Wildman–Crippen LogP) is 1.29. The lowest BCUT2D eigenvalue weighted by molar-refractivity contribution is -0.153. The third kappa shape index (κ3) is 2.81. The second kappa shape index (κ2) is 5.09. The van der Waals surface area contributed by atoms with Gasteiger partial charge in [0.05, 0.1) is 0 Å². The van der Waals surface area contributed by atoms with Crippen LogP contribution in [0.25, 0.3) is 0 Å². The SMILES string of the molecule is CC(C)c1ccc(C(O)C(O)C(=O)O)cc1. The number of aliphatic hydroxyl groups excluding tert-OH is 2. The molecule has 4 nitrogen and oxygen atoms in total. The largest absolute Gasteiger partial charge is 0.479 e. The molecule has 0 saturated carbocycles. The summed E-state index contributed by atoms with van der Waals surface area (Å²) in [7, 11) is 0. The van der Waals surface area contributed by atoms with Crippen LogP contribution in [0.5, 0.6) is 0 Å². The molecule has 0 fully saturated rings. The van der Waals surface area contributed by atoms with E-state index in [2.05, 4.69) is 0 Å². The van der Waals surface area contributed by atoms with E-state index in [1.54, 1.807) is 12.1 Å². The lowest BCUT2D eigenvalue weighted by atomic mass is 9.98. The van der Waals surface area contributed by atoms with Crippen LogP contribution in [0.4, 0.5) is 0 Å². The monoisotopic (exact) mass is 224 g/mol. The molecule has 0 aliphatic carbocycles. The van der Waals surface area contributed by atoms with Crippen LogP contribution in [0, 0.1) is 0 Å². The van der Waals surface area contributed by atoms with Crippen molar-refractivity contribution >= 4 is 5.97 Å². The fourth-order valence-corrected chi connectivity index (χ4v) is 1.40. The highest BCUT2D eigenvalue weighted by atomic mass is 16.4. The van der Waals surface area contributed by atoms with E-state index in [9.17, 15) is 15.0 Å². The number of carboxylic acid groups (broad SMARTS) is 1. The lowest BCUT2D eigenvalue weighted by Gasteiger charge is -2.15. The summed E-state index contributed by atoms with van der Waals surface area (Å²) in [6.45, 7) is 4.08. The summed E-state index contributed by atoms with van der Waals surface area (Å²) in [4.78, 5) is 10.5. The maximum absolute atomic E-state index is 10.5. The number of hydrogen-bond acceptors (Lipinski definition) is 3. The maximum atomic E-state index is 10.5. The van der Waals surface area contributed by atoms with Crippen LogP contribution in [0.1, 0.15) is 37.0 Å². The Balaban J connectivity index is 2.85. The third-order valence-electron chi connectivity index (χ3n) is 2.50. The Labute approximate surface area is 94.2 Å². The molecular weight excluding hydrogens is 208 g/mol. The quantitative estimate of drug-likeness (QED) is 0.720. The van der Waals surface area contributed by atoms with E-state index in [4.69, 9.17) is 5.11 Å². The number of hydrogen-bond donors (Lipinski definition) is 3. The highest BCUT2D eigenvalue weighted by Crippen LogP contribution is 2.20. The van der Waals surface area contributed by atoms with Gasteiger partial charge < -0.3 is 15.3 Å². The summed E-state index contributed by atoms with van der Waals surface area (Å²) in [6.07, 6.45) is -3.18. The minimum Gasteiger partial charge on any atom is -0.479 e. The molecule has 1 aromatic carbocycles. The van der Waals surface area contributed by atoms with Crippen molar-refractivity contribution in [3.05, 3.63) is 35.4 Å². The first-order valence-electron chi connectivity index (χ1n) is 5.12. The van der Waals surface area contributed by atoms with Crippen molar-refractivity contribution in [1.82, 2.24) is 0 Å². The minimum absolute atomic E-state index is 0.371. The van der Waals surface area contributed by atoms with Gasteiger partial charge in [-0.25, -0.2) is 4.79 Å². The Hall–Kier alpha value is -1.39. The Morgan fingerprint density at radius 3 is 1.88 bits per heavy atom. The van der Waals surface area contributed by atoms with Gasteiger partial charge in [-0.2, -0.15) is 0 Å². The van der Waals surface area contributed by atoms with Crippen molar-refractivity contribution in [2.24, 2.45) is 0 Å². The summed E-state index contributed by atoms with van der Waals surface area (Å²) in [6, 6.07) is 6.90. The fourth-order valence-electron chi connectivity index (χ4n) is 1.40. The van der Waals surface area contributed by atoms with E-state index in [1.165, 1.54) is 0 Å². The molecule has 1 aromatic rings. The molecule has 3 N–H and O–H groups in total. The van der Waals surface area contributed by atoms with Crippen LogP contribution in [-0.2, 0) is 4.79 Å². The van der Waals surface area contributed by atoms with Crippen LogP contribution in [-0.4, -0.2) is 27.4 Å². The normalized spacial score (nSPS) is 14.8. The number of aliphatic carboxylic acids is 1. The molecule has 0 amide bonds. The van der Waals surface area contributed by atoms with Crippen LogP contribution in [0.15, 0.2) is 24.3 Å². The molecule has 0 aromatic heterocycles. The van der Waals surface area contributed by atoms with Gasteiger partial charge in [0, 0.05) is 0 Å². The number of rotatable bonds is 4. The zero-order chi connectivity index (χ0) is 12.3. The standard InChI is InChI=1S/C12H16O4/c1-7(2)8-3-5-9(6-4-8)10(13)11(14)12(15)16/h3-7,10-11,13-14H,1-2H3,(H,15,16). The van der Waals surface area contributed by atoms with Crippen molar-refractivity contribution < 1.29 is 20.1 Å². The van der Waals surface area contributed by atoms with E-state index >= 15 is 0 Å². The third-order valence-corrected chi connectivity index (χ3v) is 2.50. The first kappa shape index (κ1) is 12.7. The van der Waals surface area contributed by atoms with Gasteiger partial charge in [-0.15, -0.1) is 0 Å². The molecule has 2 unspecified atom stereocenters. The molecule has 0 aliphatic heterocycles. The number of carboxylic acids is 1. The smallest absolute Gasteiger partial charge is 0.335 e. The van der Waals surface area contributed by atoms with Gasteiger partial charge in [-0.05, 0) is 17.0 Å². The Morgan fingerprint density at radius 1 is 1.06 bits per heavy atom. The Morgan fingerprint density at radius 2 is 1.50 bits per heavy atom. The van der Waals surface area contributed by atoms with Gasteiger partial charge in [0.15, 0.2) is 6.10 Å². The maximum Gasteiger partial charge on any atom is 0.335 e. The van der Waals surface area contributed by atoms with Crippen LogP contribution in [0.3, 0.4) is 0 Å². The zero-order valence-electron chi connectivity index (χ0n) is 9.29. The van der Waals surface area contributed by atoms with Crippen molar-refractivity contribution in [2.75, 3.05) is 0 Å². The average Bonchev–Trinajstić information content (AvgIpc) is 2.27. The van der Waals surface area contributed by atoms with Crippen molar-refractivity contribution in [3.63, 3.8) is 0 Å². The van der Waals surface area contributed by atoms with Gasteiger partial charge in [0.1, 0.15) is 6.10 Å². The minimum atomic E-state index is -1.79. The summed E-state index contributed by atoms with van der Waals surface area (Å²) in [5.41, 5.74) is 1.50. The second-order valence-electron chi connectivity index (χ2n) is 4.05. The van der Waals surface area contributed by atoms with E-state index < -0.39 is 18.2 Å². The van der Waals surface area contributed by atoms with Gasteiger partial charge in [0.2, 0.25) is 0 Å². The number of carbonyl (C=O) groups is 1. The second-order valence-corrected chi connectivity index (χ2v) is 4.05. The fraction of sp³-hybridized carbons (Fsp3) is 0.417. The summed E-state index contributed by atoms with van der Waals surface area (Å²) in [5, 5.41) is 27.3. The van der Waals surface area contributed by atoms with E-state index in [0.717, 1.165) is 5.56 Å². The molecular formula is C12H16O4. The predicted molar refractivity (Wildman–Crippen MR) is 59.1 cm³/mol. The number of benzene rings is 1. The summed E-state index contributed by atoms with van der Waals surface area (Å²) >= 11 is 0. The zero-order valence-corrected chi connectivity index (χ0v) is 9.29. The van der Waals surface area contributed by atoms with Crippen molar-refractivity contribution in [1.29, 1.82) is 0 Å². The molecule has 4 heteroatoms. The van der Waals surface area contributed by atoms with Crippen molar-refractivity contribution in [2.45, 2.75) is 32.0 Å². The van der Waals surface area contributed by atoms with Crippen LogP contribution < -0.4 is 0 Å². The highest BCUT2D eigenvalue weighted by Gasteiger charge is 2.24. The molecule has 0 heterocycles. The molecule has 0 radical (unpaired) electrons. The Bertz CT molecular complexity index is 356. The first-order valence-corrected chi connectivity index (χ1v) is 5.12. The topological polar surface area (TPSA) is 77.8 Å². The summed E-state index contributed by atoms with van der Waals surface area (Å²) < 4.78 is 0. The van der Waals surface area contributed by atoms with Gasteiger partial charge in [-0.3, -0.25) is 0 Å². The summed E-state index contributed by atoms with van der Waals surface area (Å²) in [5.74, 6) is -1.06. The molecule has 16 heavy (non-hydrogen) atoms. The van der Waals surface area contributed by atoms with Gasteiger partial charge in [0.25, 0.3) is 0 Å². The number of aliphatic hydroxyl groups is 2. The highest BCUT2D eigenvalue weighted by molar-refractivity contribution is 5.73. The van der Waals surface area contributed by atoms with E-state index in [0.29, 0.717) is 11.5 Å². The van der Waals surface area contributed by atoms with Crippen LogP contribution >= 0.6 is 0 Å². The molecule has 0 bridgehead atoms. The van der Waals surface area contributed by atoms with E-state index in [1.807, 2.05) is 26.0 Å². The first-order chi connectivity index (χ1) is 7.43. The van der Waals surface area contributed by atoms with Gasteiger partial charge >= 0.3 is 5.97 Å². The van der Waals surface area contributed by atoms with Crippen LogP contribution in [0.2, 0.25) is 0 Å². The molecule has 0 aliphatic rings. The Kier molecular flexibility index (Phi) is 4.04. The van der Waals surface area contributed by atoms with Crippen molar-refractivity contribution in [3.8, 4) is 0 Å². The molecule has 0 spiro atoms.